The number of carbonyl (C=O) groups excluding carboxylic acids is 1. The molecule has 1 amide bonds. The minimum Gasteiger partial charge on any atom is -0.465 e. The number of benzene rings is 2. The van der Waals surface area contributed by atoms with E-state index in [1.165, 1.54) is 0 Å². The summed E-state index contributed by atoms with van der Waals surface area (Å²) >= 11 is 0. The van der Waals surface area contributed by atoms with E-state index in [-0.39, 0.29) is 18.9 Å². The predicted octanol–water partition coefficient (Wildman–Crippen LogP) is 3.78. The molecule has 6 nitrogen and oxygen atoms in total. The first-order chi connectivity index (χ1) is 12.8. The monoisotopic (exact) mass is 348 g/mol. The first-order valence-electron chi connectivity index (χ1n) is 8.38. The van der Waals surface area contributed by atoms with Crippen LogP contribution in [0.5, 0.6) is 11.5 Å². The van der Waals surface area contributed by atoms with E-state index >= 15 is 0 Å². The van der Waals surface area contributed by atoms with Gasteiger partial charge in [-0.25, -0.2) is 0 Å². The first kappa shape index (κ1) is 14.9. The Morgan fingerprint density at radius 2 is 1.92 bits per heavy atom. The van der Waals surface area contributed by atoms with Gasteiger partial charge in [-0.3, -0.25) is 4.79 Å². The highest BCUT2D eigenvalue weighted by molar-refractivity contribution is 6.01. The van der Waals surface area contributed by atoms with Gasteiger partial charge in [-0.15, -0.1) is 0 Å². The molecule has 2 aliphatic rings. The lowest BCUT2D eigenvalue weighted by molar-refractivity contribution is 0.0645. The smallest absolute Gasteiger partial charge is 0.258 e. The summed E-state index contributed by atoms with van der Waals surface area (Å²) in [5, 5.41) is 3.41. The predicted molar refractivity (Wildman–Crippen MR) is 94.0 cm³/mol. The lowest BCUT2D eigenvalue weighted by atomic mass is 10.1. The Morgan fingerprint density at radius 3 is 2.81 bits per heavy atom. The molecule has 0 bridgehead atoms. The highest BCUT2D eigenvalue weighted by Crippen LogP contribution is 2.36. The number of nitrogens with zero attached hydrogens (tertiary/aromatic N) is 1. The Bertz CT molecular complexity index is 968. The third-order valence-corrected chi connectivity index (χ3v) is 4.62. The van der Waals surface area contributed by atoms with Crippen LogP contribution in [0.25, 0.3) is 0 Å². The van der Waals surface area contributed by atoms with E-state index in [1.54, 1.807) is 11.2 Å². The molecule has 26 heavy (non-hydrogen) atoms. The van der Waals surface area contributed by atoms with Gasteiger partial charge in [-0.2, -0.15) is 0 Å². The SMILES string of the molecule is O=C1c2ccccc2NC(c2ccco2)N1Cc1ccc2c(c1)OCO2. The lowest BCUT2D eigenvalue weighted by Gasteiger charge is -2.36. The molecule has 0 radical (unpaired) electrons. The summed E-state index contributed by atoms with van der Waals surface area (Å²) in [5.74, 6) is 2.08. The van der Waals surface area contributed by atoms with E-state index in [0.717, 1.165) is 17.0 Å². The van der Waals surface area contributed by atoms with Gasteiger partial charge in [0.15, 0.2) is 17.7 Å². The number of amides is 1. The van der Waals surface area contributed by atoms with E-state index in [1.807, 2.05) is 54.6 Å². The molecule has 1 atom stereocenters. The molecule has 3 aromatic rings. The summed E-state index contributed by atoms with van der Waals surface area (Å²) in [4.78, 5) is 14.9. The zero-order valence-corrected chi connectivity index (χ0v) is 13.8. The number of hydrogen-bond donors (Lipinski definition) is 1. The Kier molecular flexibility index (Phi) is 3.35. The average molecular weight is 348 g/mol. The van der Waals surface area contributed by atoms with Crippen molar-refractivity contribution >= 4 is 11.6 Å². The van der Waals surface area contributed by atoms with Crippen LogP contribution in [0.15, 0.2) is 65.3 Å². The van der Waals surface area contributed by atoms with E-state index in [4.69, 9.17) is 13.9 Å². The molecule has 0 aliphatic carbocycles. The van der Waals surface area contributed by atoms with Gasteiger partial charge in [0.2, 0.25) is 6.79 Å². The van der Waals surface area contributed by atoms with E-state index in [2.05, 4.69) is 5.32 Å². The topological polar surface area (TPSA) is 63.9 Å². The van der Waals surface area contributed by atoms with Crippen LogP contribution >= 0.6 is 0 Å². The molecular formula is C20H16N2O4. The molecule has 3 heterocycles. The number of carbonyl (C=O) groups is 1. The van der Waals surface area contributed by atoms with Gasteiger partial charge >= 0.3 is 0 Å². The Hall–Kier alpha value is -3.41. The van der Waals surface area contributed by atoms with Crippen molar-refractivity contribution in [1.82, 2.24) is 4.90 Å². The number of ether oxygens (including phenoxy) is 2. The zero-order chi connectivity index (χ0) is 17.5. The van der Waals surface area contributed by atoms with Crippen molar-refractivity contribution in [2.45, 2.75) is 12.7 Å². The Labute approximate surface area is 149 Å². The average Bonchev–Trinajstić information content (AvgIpc) is 3.35. The minimum atomic E-state index is -0.377. The van der Waals surface area contributed by atoms with Crippen LogP contribution in [0.1, 0.15) is 27.8 Å². The molecular weight excluding hydrogens is 332 g/mol. The van der Waals surface area contributed by atoms with Crippen molar-refractivity contribution in [3.63, 3.8) is 0 Å². The number of furan rings is 1. The number of nitrogens with one attached hydrogen (secondary N) is 1. The number of hydrogen-bond acceptors (Lipinski definition) is 5. The second kappa shape index (κ2) is 5.84. The molecule has 130 valence electrons. The maximum Gasteiger partial charge on any atom is 0.258 e. The van der Waals surface area contributed by atoms with Gasteiger partial charge in [0.1, 0.15) is 5.76 Å². The maximum absolute atomic E-state index is 13.1. The summed E-state index contributed by atoms with van der Waals surface area (Å²) < 4.78 is 16.4. The van der Waals surface area contributed by atoms with Crippen LogP contribution in [0, 0.1) is 0 Å². The molecule has 1 aromatic heterocycles. The van der Waals surface area contributed by atoms with Crippen LogP contribution in [-0.2, 0) is 6.54 Å². The van der Waals surface area contributed by atoms with Crippen LogP contribution < -0.4 is 14.8 Å². The normalized spacial score (nSPS) is 17.8. The molecule has 1 N–H and O–H groups in total. The number of rotatable bonds is 3. The Morgan fingerprint density at radius 1 is 1.04 bits per heavy atom. The summed E-state index contributed by atoms with van der Waals surface area (Å²) in [6.07, 6.45) is 1.23. The zero-order valence-electron chi connectivity index (χ0n) is 13.8. The summed E-state index contributed by atoms with van der Waals surface area (Å²) in [5.41, 5.74) is 2.41. The fraction of sp³-hybridized carbons (Fsp3) is 0.150. The molecule has 0 spiro atoms. The van der Waals surface area contributed by atoms with E-state index in [0.29, 0.717) is 23.6 Å². The highest BCUT2D eigenvalue weighted by atomic mass is 16.7. The molecule has 0 saturated carbocycles. The number of anilines is 1. The minimum absolute atomic E-state index is 0.0431. The fourth-order valence-corrected chi connectivity index (χ4v) is 3.36. The number of para-hydroxylation sites is 1. The fourth-order valence-electron chi connectivity index (χ4n) is 3.36. The molecule has 0 fully saturated rings. The molecule has 2 aliphatic heterocycles. The quantitative estimate of drug-likeness (QED) is 0.780. The summed E-state index contributed by atoms with van der Waals surface area (Å²) in [6, 6.07) is 16.9. The van der Waals surface area contributed by atoms with Gasteiger partial charge in [0.25, 0.3) is 5.91 Å². The Balaban J connectivity index is 1.53. The van der Waals surface area contributed by atoms with Crippen LogP contribution in [-0.4, -0.2) is 17.6 Å². The van der Waals surface area contributed by atoms with Crippen LogP contribution in [0.2, 0.25) is 0 Å². The number of fused-ring (bicyclic) bond motifs is 2. The molecule has 0 saturated heterocycles. The van der Waals surface area contributed by atoms with Gasteiger partial charge in [0.05, 0.1) is 11.8 Å². The highest BCUT2D eigenvalue weighted by Gasteiger charge is 2.34. The largest absolute Gasteiger partial charge is 0.465 e. The molecule has 2 aromatic carbocycles. The first-order valence-corrected chi connectivity index (χ1v) is 8.38. The maximum atomic E-state index is 13.1. The van der Waals surface area contributed by atoms with Crippen LogP contribution in [0.4, 0.5) is 5.69 Å². The van der Waals surface area contributed by atoms with Crippen LogP contribution in [0.3, 0.4) is 0 Å². The van der Waals surface area contributed by atoms with Gasteiger partial charge in [0, 0.05) is 12.2 Å². The van der Waals surface area contributed by atoms with Gasteiger partial charge in [-0.1, -0.05) is 18.2 Å². The second-order valence-corrected chi connectivity index (χ2v) is 6.23. The third kappa shape index (κ3) is 2.38. The lowest BCUT2D eigenvalue weighted by Crippen LogP contribution is -2.42. The van der Waals surface area contributed by atoms with E-state index in [9.17, 15) is 4.79 Å². The van der Waals surface area contributed by atoms with Crippen molar-refractivity contribution in [1.29, 1.82) is 0 Å². The van der Waals surface area contributed by atoms with Crippen molar-refractivity contribution in [2.24, 2.45) is 0 Å². The van der Waals surface area contributed by atoms with E-state index < -0.39 is 0 Å². The molecule has 6 heteroatoms. The molecule has 1 unspecified atom stereocenters. The third-order valence-electron chi connectivity index (χ3n) is 4.62. The van der Waals surface area contributed by atoms with Crippen molar-refractivity contribution in [2.75, 3.05) is 12.1 Å². The summed E-state index contributed by atoms with van der Waals surface area (Å²) in [6.45, 7) is 0.646. The standard InChI is InChI=1S/C20H16N2O4/c23-20-14-4-1-2-5-15(14)21-19(17-6-3-9-24-17)22(20)11-13-7-8-16-18(10-13)26-12-25-16/h1-10,19,21H,11-12H2. The van der Waals surface area contributed by atoms with Crippen molar-refractivity contribution in [3.8, 4) is 11.5 Å². The van der Waals surface area contributed by atoms with Crippen molar-refractivity contribution < 1.29 is 18.7 Å². The second-order valence-electron chi connectivity index (χ2n) is 6.23. The van der Waals surface area contributed by atoms with Gasteiger partial charge in [-0.05, 0) is 42.0 Å². The van der Waals surface area contributed by atoms with Crippen molar-refractivity contribution in [3.05, 3.63) is 77.7 Å². The van der Waals surface area contributed by atoms with Gasteiger partial charge < -0.3 is 24.1 Å². The summed E-state index contributed by atoms with van der Waals surface area (Å²) in [7, 11) is 0. The molecule has 5 rings (SSSR count).